The maximum Gasteiger partial charge on any atom is 0.276 e. The van der Waals surface area contributed by atoms with Gasteiger partial charge in [-0.1, -0.05) is 30.9 Å². The molecule has 18 heavy (non-hydrogen) atoms. The highest BCUT2D eigenvalue weighted by molar-refractivity contribution is 6.30. The summed E-state index contributed by atoms with van der Waals surface area (Å²) in [4.78, 5) is 10.3. The third-order valence-electron chi connectivity index (χ3n) is 2.37. The molecule has 0 saturated carbocycles. The van der Waals surface area contributed by atoms with Crippen LogP contribution >= 0.6 is 11.6 Å². The maximum atomic E-state index is 10.8. The van der Waals surface area contributed by atoms with Crippen LogP contribution in [0.25, 0.3) is 0 Å². The number of rotatable bonds is 4. The van der Waals surface area contributed by atoms with Gasteiger partial charge in [-0.15, -0.1) is 5.92 Å². The van der Waals surface area contributed by atoms with Gasteiger partial charge < -0.3 is 5.11 Å². The highest BCUT2D eigenvalue weighted by atomic mass is 35.5. The SMILES string of the molecule is CCCCC#CC(O)c1cc(Cl)ccc1[N+](=O)[O-]. The summed E-state index contributed by atoms with van der Waals surface area (Å²) in [6.07, 6.45) is 1.45. The van der Waals surface area contributed by atoms with E-state index in [-0.39, 0.29) is 11.3 Å². The fraction of sp³-hybridized carbons (Fsp3) is 0.385. The molecule has 0 fully saturated rings. The molecule has 0 aliphatic rings. The van der Waals surface area contributed by atoms with Crippen molar-refractivity contribution in [2.45, 2.75) is 32.3 Å². The number of hydrogen-bond donors (Lipinski definition) is 1. The van der Waals surface area contributed by atoms with Gasteiger partial charge in [-0.3, -0.25) is 10.1 Å². The van der Waals surface area contributed by atoms with E-state index >= 15 is 0 Å². The van der Waals surface area contributed by atoms with Gasteiger partial charge in [-0.05, 0) is 18.6 Å². The average Bonchev–Trinajstić information content (AvgIpc) is 2.34. The molecule has 96 valence electrons. The first kappa shape index (κ1) is 14.5. The van der Waals surface area contributed by atoms with Crippen LogP contribution in [0.2, 0.25) is 5.02 Å². The highest BCUT2D eigenvalue weighted by Crippen LogP contribution is 2.27. The molecule has 1 N–H and O–H groups in total. The molecule has 0 spiro atoms. The number of aliphatic hydroxyl groups is 1. The van der Waals surface area contributed by atoms with Crippen LogP contribution in [0, 0.1) is 22.0 Å². The first-order valence-corrected chi connectivity index (χ1v) is 6.04. The summed E-state index contributed by atoms with van der Waals surface area (Å²) in [5.74, 6) is 5.40. The first-order valence-electron chi connectivity index (χ1n) is 5.66. The van der Waals surface area contributed by atoms with Gasteiger partial charge in [0, 0.05) is 17.5 Å². The van der Waals surface area contributed by atoms with E-state index in [1.165, 1.54) is 18.2 Å². The van der Waals surface area contributed by atoms with Crippen LogP contribution in [0.1, 0.15) is 37.9 Å². The fourth-order valence-corrected chi connectivity index (χ4v) is 1.60. The normalized spacial score (nSPS) is 11.5. The van der Waals surface area contributed by atoms with E-state index in [2.05, 4.69) is 11.8 Å². The number of nitrogens with zero attached hydrogens (tertiary/aromatic N) is 1. The Hall–Kier alpha value is -1.57. The second kappa shape index (κ2) is 7.00. The van der Waals surface area contributed by atoms with E-state index in [4.69, 9.17) is 11.6 Å². The first-order chi connectivity index (χ1) is 8.56. The van der Waals surface area contributed by atoms with Crippen molar-refractivity contribution < 1.29 is 10.0 Å². The molecule has 1 unspecified atom stereocenters. The molecule has 0 aliphatic carbocycles. The van der Waals surface area contributed by atoms with Crippen LogP contribution in [0.15, 0.2) is 18.2 Å². The summed E-state index contributed by atoms with van der Waals surface area (Å²) in [5, 5.41) is 21.0. The molecule has 0 amide bonds. The zero-order chi connectivity index (χ0) is 13.5. The van der Waals surface area contributed by atoms with Crippen LogP contribution in [-0.2, 0) is 0 Å². The molecule has 1 aromatic carbocycles. The number of nitro groups is 1. The number of halogens is 1. The third kappa shape index (κ3) is 4.02. The lowest BCUT2D eigenvalue weighted by Gasteiger charge is -2.05. The van der Waals surface area contributed by atoms with Gasteiger partial charge in [0.05, 0.1) is 10.5 Å². The highest BCUT2D eigenvalue weighted by Gasteiger charge is 2.19. The van der Waals surface area contributed by atoms with Gasteiger partial charge in [0.1, 0.15) is 6.10 Å². The fourth-order valence-electron chi connectivity index (χ4n) is 1.42. The van der Waals surface area contributed by atoms with Gasteiger partial charge in [-0.2, -0.15) is 0 Å². The molecule has 5 heteroatoms. The molecule has 0 aliphatic heterocycles. The molecule has 0 aromatic heterocycles. The molecule has 0 radical (unpaired) electrons. The Morgan fingerprint density at radius 3 is 2.89 bits per heavy atom. The monoisotopic (exact) mass is 267 g/mol. The Balaban J connectivity index is 2.95. The minimum absolute atomic E-state index is 0.136. The van der Waals surface area contributed by atoms with E-state index in [0.29, 0.717) is 11.4 Å². The van der Waals surface area contributed by atoms with Crippen LogP contribution in [0.3, 0.4) is 0 Å². The Kier molecular flexibility index (Phi) is 5.63. The third-order valence-corrected chi connectivity index (χ3v) is 2.61. The minimum atomic E-state index is -1.18. The topological polar surface area (TPSA) is 63.4 Å². The quantitative estimate of drug-likeness (QED) is 0.393. The van der Waals surface area contributed by atoms with Crippen LogP contribution in [0.4, 0.5) is 5.69 Å². The summed E-state index contributed by atoms with van der Waals surface area (Å²) in [5.41, 5.74) is -0.0341. The average molecular weight is 268 g/mol. The van der Waals surface area contributed by atoms with Crippen molar-refractivity contribution in [3.63, 3.8) is 0 Å². The van der Waals surface area contributed by atoms with Gasteiger partial charge in [-0.25, -0.2) is 0 Å². The Morgan fingerprint density at radius 1 is 1.56 bits per heavy atom. The Labute approximate surface area is 111 Å². The van der Waals surface area contributed by atoms with Gasteiger partial charge in [0.2, 0.25) is 0 Å². The van der Waals surface area contributed by atoms with Gasteiger partial charge in [0.25, 0.3) is 5.69 Å². The van der Waals surface area contributed by atoms with Crippen molar-refractivity contribution in [3.8, 4) is 11.8 Å². The lowest BCUT2D eigenvalue weighted by Crippen LogP contribution is -2.00. The zero-order valence-electron chi connectivity index (χ0n) is 10.0. The van der Waals surface area contributed by atoms with Crippen molar-refractivity contribution in [3.05, 3.63) is 38.9 Å². The largest absolute Gasteiger partial charge is 0.376 e. The molecular weight excluding hydrogens is 254 g/mol. The zero-order valence-corrected chi connectivity index (χ0v) is 10.8. The minimum Gasteiger partial charge on any atom is -0.376 e. The Morgan fingerprint density at radius 2 is 2.28 bits per heavy atom. The number of unbranched alkanes of at least 4 members (excludes halogenated alkanes) is 2. The van der Waals surface area contributed by atoms with Crippen LogP contribution < -0.4 is 0 Å². The van der Waals surface area contributed by atoms with Gasteiger partial charge >= 0.3 is 0 Å². The van der Waals surface area contributed by atoms with E-state index in [1.54, 1.807) is 0 Å². The summed E-state index contributed by atoms with van der Waals surface area (Å²) >= 11 is 5.77. The number of benzene rings is 1. The van der Waals surface area contributed by atoms with Crippen molar-refractivity contribution in [1.29, 1.82) is 0 Å². The van der Waals surface area contributed by atoms with Crippen LogP contribution in [0.5, 0.6) is 0 Å². The smallest absolute Gasteiger partial charge is 0.276 e. The van der Waals surface area contributed by atoms with Crippen molar-refractivity contribution in [1.82, 2.24) is 0 Å². The predicted molar refractivity (Wildman–Crippen MR) is 70.4 cm³/mol. The lowest BCUT2D eigenvalue weighted by atomic mass is 10.1. The molecular formula is C13H14ClNO3. The summed E-state index contributed by atoms with van der Waals surface area (Å²) < 4.78 is 0. The van der Waals surface area contributed by atoms with Crippen LogP contribution in [-0.4, -0.2) is 10.0 Å². The number of hydrogen-bond acceptors (Lipinski definition) is 3. The molecule has 0 saturated heterocycles. The molecule has 1 atom stereocenters. The van der Waals surface area contributed by atoms with E-state index in [0.717, 1.165) is 12.8 Å². The molecule has 1 aromatic rings. The van der Waals surface area contributed by atoms with E-state index in [9.17, 15) is 15.2 Å². The standard InChI is InChI=1S/C13H14ClNO3/c1-2-3-4-5-6-13(16)11-9-10(14)7-8-12(11)15(17)18/h7-9,13,16H,2-4H2,1H3. The molecule has 1 rings (SSSR count). The second-order valence-electron chi connectivity index (χ2n) is 3.79. The van der Waals surface area contributed by atoms with Crippen molar-refractivity contribution in [2.75, 3.05) is 0 Å². The predicted octanol–water partition coefficient (Wildman–Crippen LogP) is 3.48. The van der Waals surface area contributed by atoms with E-state index < -0.39 is 11.0 Å². The summed E-state index contributed by atoms with van der Waals surface area (Å²) in [6.45, 7) is 2.04. The molecule has 0 bridgehead atoms. The number of nitro benzene ring substituents is 1. The second-order valence-corrected chi connectivity index (χ2v) is 4.22. The maximum absolute atomic E-state index is 10.8. The molecule has 0 heterocycles. The van der Waals surface area contributed by atoms with Crippen molar-refractivity contribution in [2.24, 2.45) is 0 Å². The lowest BCUT2D eigenvalue weighted by molar-refractivity contribution is -0.386. The summed E-state index contributed by atoms with van der Waals surface area (Å²) in [6, 6.07) is 4.06. The van der Waals surface area contributed by atoms with Crippen molar-refractivity contribution >= 4 is 17.3 Å². The van der Waals surface area contributed by atoms with Gasteiger partial charge in [0.15, 0.2) is 0 Å². The number of aliphatic hydroxyl groups excluding tert-OH is 1. The Bertz CT molecular complexity index is 491. The molecule has 4 nitrogen and oxygen atoms in total. The summed E-state index contributed by atoms with van der Waals surface area (Å²) in [7, 11) is 0. The van der Waals surface area contributed by atoms with E-state index in [1.807, 2.05) is 6.92 Å².